The van der Waals surface area contributed by atoms with Crippen molar-refractivity contribution in [2.75, 3.05) is 26.2 Å². The van der Waals surface area contributed by atoms with Crippen LogP contribution in [-0.4, -0.2) is 62.7 Å². The third-order valence-electron chi connectivity index (χ3n) is 4.19. The highest BCUT2D eigenvalue weighted by molar-refractivity contribution is 7.12. The van der Waals surface area contributed by atoms with Gasteiger partial charge in [0.1, 0.15) is 12.9 Å². The number of hydrogen-bond acceptors (Lipinski definition) is 7. The molecule has 1 aliphatic rings. The molecule has 1 saturated heterocycles. The summed E-state index contributed by atoms with van der Waals surface area (Å²) >= 11 is 1.56. The van der Waals surface area contributed by atoms with Crippen molar-refractivity contribution in [2.24, 2.45) is 18.1 Å². The Labute approximate surface area is 149 Å². The number of aryl methyl sites for hydroxylation is 1. The average Bonchev–Trinajstić information content (AvgIpc) is 3.27. The second-order valence-electron chi connectivity index (χ2n) is 5.94. The molecule has 9 heteroatoms. The van der Waals surface area contributed by atoms with Crippen LogP contribution < -0.4 is 0 Å². The standard InChI is InChI=1S/C16H21N5O3S/c1-20-15(17-11-18-20)14(13-5-3-9-25-13)19-24-8-7-21-6-2-4-12(10-21)16(22)23/h3,5,9,11-12H,2,4,6-8,10H2,1H3,(H,22,23)/b19-14-/t12-/m1/s1. The summed E-state index contributed by atoms with van der Waals surface area (Å²) < 4.78 is 1.66. The molecule has 0 saturated carbocycles. The summed E-state index contributed by atoms with van der Waals surface area (Å²) in [6.07, 6.45) is 3.14. The number of hydrogen-bond donors (Lipinski definition) is 1. The predicted molar refractivity (Wildman–Crippen MR) is 93.7 cm³/mol. The van der Waals surface area contributed by atoms with Crippen LogP contribution in [0, 0.1) is 5.92 Å². The molecule has 25 heavy (non-hydrogen) atoms. The lowest BCUT2D eigenvalue weighted by molar-refractivity contribution is -0.143. The van der Waals surface area contributed by atoms with E-state index in [4.69, 9.17) is 9.94 Å². The van der Waals surface area contributed by atoms with Gasteiger partial charge in [0, 0.05) is 20.1 Å². The topological polar surface area (TPSA) is 92.8 Å². The van der Waals surface area contributed by atoms with E-state index in [0.29, 0.717) is 31.2 Å². The molecule has 1 atom stereocenters. The average molecular weight is 363 g/mol. The lowest BCUT2D eigenvalue weighted by Crippen LogP contribution is -2.40. The van der Waals surface area contributed by atoms with Crippen LogP contribution in [0.1, 0.15) is 23.5 Å². The first-order chi connectivity index (χ1) is 12.1. The van der Waals surface area contributed by atoms with Gasteiger partial charge in [0.05, 0.1) is 10.8 Å². The summed E-state index contributed by atoms with van der Waals surface area (Å²) in [5.41, 5.74) is 0.650. The quantitative estimate of drug-likeness (QED) is 0.455. The van der Waals surface area contributed by atoms with Gasteiger partial charge < -0.3 is 9.94 Å². The zero-order valence-corrected chi connectivity index (χ0v) is 14.9. The Bertz CT molecular complexity index is 728. The molecule has 134 valence electrons. The Morgan fingerprint density at radius 2 is 2.44 bits per heavy atom. The van der Waals surface area contributed by atoms with Crippen molar-refractivity contribution in [1.29, 1.82) is 0 Å². The van der Waals surface area contributed by atoms with Crippen LogP contribution in [0.5, 0.6) is 0 Å². The van der Waals surface area contributed by atoms with Gasteiger partial charge in [-0.05, 0) is 30.8 Å². The second kappa shape index (κ2) is 8.21. The van der Waals surface area contributed by atoms with E-state index in [-0.39, 0.29) is 5.92 Å². The zero-order chi connectivity index (χ0) is 17.6. The molecule has 2 aromatic heterocycles. The van der Waals surface area contributed by atoms with Crippen LogP contribution >= 0.6 is 11.3 Å². The number of aromatic nitrogens is 3. The fourth-order valence-corrected chi connectivity index (χ4v) is 3.56. The largest absolute Gasteiger partial charge is 0.481 e. The Balaban J connectivity index is 1.59. The zero-order valence-electron chi connectivity index (χ0n) is 14.0. The molecule has 3 heterocycles. The summed E-state index contributed by atoms with van der Waals surface area (Å²) in [5.74, 6) is -0.352. The van der Waals surface area contributed by atoms with Gasteiger partial charge in [-0.1, -0.05) is 11.2 Å². The third kappa shape index (κ3) is 4.43. The van der Waals surface area contributed by atoms with Crippen molar-refractivity contribution in [2.45, 2.75) is 12.8 Å². The van der Waals surface area contributed by atoms with Gasteiger partial charge in [-0.2, -0.15) is 5.10 Å². The van der Waals surface area contributed by atoms with E-state index in [2.05, 4.69) is 20.1 Å². The van der Waals surface area contributed by atoms with Gasteiger partial charge in [0.15, 0.2) is 11.5 Å². The molecule has 1 fully saturated rings. The number of piperidine rings is 1. The monoisotopic (exact) mass is 363 g/mol. The molecule has 1 aliphatic heterocycles. The number of carbonyl (C=O) groups is 1. The molecule has 8 nitrogen and oxygen atoms in total. The van der Waals surface area contributed by atoms with Crippen LogP contribution in [0.25, 0.3) is 0 Å². The second-order valence-corrected chi connectivity index (χ2v) is 6.88. The van der Waals surface area contributed by atoms with Crippen molar-refractivity contribution in [3.63, 3.8) is 0 Å². The smallest absolute Gasteiger partial charge is 0.307 e. The Morgan fingerprint density at radius 1 is 1.56 bits per heavy atom. The van der Waals surface area contributed by atoms with Crippen molar-refractivity contribution < 1.29 is 14.7 Å². The maximum absolute atomic E-state index is 11.1. The van der Waals surface area contributed by atoms with Crippen LogP contribution in [-0.2, 0) is 16.7 Å². The van der Waals surface area contributed by atoms with E-state index in [1.807, 2.05) is 24.6 Å². The van der Waals surface area contributed by atoms with E-state index in [1.165, 1.54) is 6.33 Å². The van der Waals surface area contributed by atoms with Gasteiger partial charge in [-0.3, -0.25) is 9.69 Å². The minimum Gasteiger partial charge on any atom is -0.481 e. The molecule has 3 rings (SSSR count). The molecular weight excluding hydrogens is 342 g/mol. The maximum atomic E-state index is 11.1. The van der Waals surface area contributed by atoms with Gasteiger partial charge in [0.2, 0.25) is 0 Å². The summed E-state index contributed by atoms with van der Waals surface area (Å²) in [6.45, 7) is 2.53. The number of thiophene rings is 1. The lowest BCUT2D eigenvalue weighted by Gasteiger charge is -2.29. The minimum absolute atomic E-state index is 0.280. The third-order valence-corrected chi connectivity index (χ3v) is 5.06. The van der Waals surface area contributed by atoms with Crippen LogP contribution in [0.15, 0.2) is 29.0 Å². The summed E-state index contributed by atoms with van der Waals surface area (Å²) in [7, 11) is 1.81. The predicted octanol–water partition coefficient (Wildman–Crippen LogP) is 1.44. The molecule has 0 radical (unpaired) electrons. The molecule has 2 aromatic rings. The fourth-order valence-electron chi connectivity index (χ4n) is 2.86. The van der Waals surface area contributed by atoms with Crippen molar-refractivity contribution in [1.82, 2.24) is 19.7 Å². The molecular formula is C16H21N5O3S. The van der Waals surface area contributed by atoms with E-state index in [1.54, 1.807) is 16.0 Å². The summed E-state index contributed by atoms with van der Waals surface area (Å²) in [4.78, 5) is 24.0. The molecule has 0 aliphatic carbocycles. The lowest BCUT2D eigenvalue weighted by atomic mass is 9.98. The first-order valence-corrected chi connectivity index (χ1v) is 9.06. The van der Waals surface area contributed by atoms with Gasteiger partial charge in [0.25, 0.3) is 0 Å². The van der Waals surface area contributed by atoms with E-state index in [0.717, 1.165) is 24.3 Å². The van der Waals surface area contributed by atoms with Crippen LogP contribution in [0.2, 0.25) is 0 Å². The number of carboxylic acid groups (broad SMARTS) is 1. The number of rotatable bonds is 7. The fraction of sp³-hybridized carbons (Fsp3) is 0.500. The van der Waals surface area contributed by atoms with E-state index >= 15 is 0 Å². The molecule has 0 unspecified atom stereocenters. The van der Waals surface area contributed by atoms with E-state index in [9.17, 15) is 4.79 Å². The Kier molecular flexibility index (Phi) is 5.77. The Hall–Kier alpha value is -2.26. The van der Waals surface area contributed by atoms with Crippen molar-refractivity contribution >= 4 is 23.0 Å². The molecule has 0 amide bonds. The highest BCUT2D eigenvalue weighted by Gasteiger charge is 2.25. The normalized spacial score (nSPS) is 19.1. The van der Waals surface area contributed by atoms with Crippen LogP contribution in [0.3, 0.4) is 0 Å². The first-order valence-electron chi connectivity index (χ1n) is 8.18. The summed E-state index contributed by atoms with van der Waals surface area (Å²) in [6, 6.07) is 3.91. The van der Waals surface area contributed by atoms with Gasteiger partial charge in [-0.25, -0.2) is 9.67 Å². The Morgan fingerprint density at radius 3 is 3.12 bits per heavy atom. The number of nitrogens with zero attached hydrogens (tertiary/aromatic N) is 5. The molecule has 1 N–H and O–H groups in total. The number of likely N-dealkylation sites (tertiary alicyclic amines) is 1. The minimum atomic E-state index is -0.717. The van der Waals surface area contributed by atoms with Gasteiger partial charge in [-0.15, -0.1) is 11.3 Å². The molecule has 0 aromatic carbocycles. The molecule has 0 bridgehead atoms. The number of oxime groups is 1. The number of aliphatic carboxylic acids is 1. The van der Waals surface area contributed by atoms with E-state index < -0.39 is 5.97 Å². The van der Waals surface area contributed by atoms with Crippen molar-refractivity contribution in [3.8, 4) is 0 Å². The number of carboxylic acids is 1. The van der Waals surface area contributed by atoms with Crippen LogP contribution in [0.4, 0.5) is 0 Å². The highest BCUT2D eigenvalue weighted by Crippen LogP contribution is 2.17. The highest BCUT2D eigenvalue weighted by atomic mass is 32.1. The van der Waals surface area contributed by atoms with Crippen molar-refractivity contribution in [3.05, 3.63) is 34.5 Å². The molecule has 0 spiro atoms. The first kappa shape index (κ1) is 17.6. The van der Waals surface area contributed by atoms with Gasteiger partial charge >= 0.3 is 5.97 Å². The maximum Gasteiger partial charge on any atom is 0.307 e. The SMILES string of the molecule is Cn1ncnc1/C(=N\OCCN1CCC[C@@H](C(=O)O)C1)c1cccs1. The summed E-state index contributed by atoms with van der Waals surface area (Å²) in [5, 5.41) is 19.5.